The predicted molar refractivity (Wildman–Crippen MR) is 95.8 cm³/mol. The summed E-state index contributed by atoms with van der Waals surface area (Å²) in [5, 5.41) is 2.84. The van der Waals surface area contributed by atoms with Crippen molar-refractivity contribution in [3.8, 4) is 0 Å². The van der Waals surface area contributed by atoms with E-state index in [1.165, 1.54) is 6.07 Å². The van der Waals surface area contributed by atoms with Gasteiger partial charge < -0.3 is 10.2 Å². The molecule has 7 heteroatoms. The van der Waals surface area contributed by atoms with Gasteiger partial charge in [-0.25, -0.2) is 0 Å². The van der Waals surface area contributed by atoms with Crippen molar-refractivity contribution in [2.45, 2.75) is 18.4 Å². The highest BCUT2D eigenvalue weighted by Crippen LogP contribution is 2.26. The second kappa shape index (κ2) is 6.68. The van der Waals surface area contributed by atoms with Crippen LogP contribution in [0.15, 0.2) is 57.8 Å². The van der Waals surface area contributed by atoms with Crippen molar-refractivity contribution in [1.82, 2.24) is 10.2 Å². The number of sulfonamides is 1. The first-order valence-electron chi connectivity index (χ1n) is 7.84. The van der Waals surface area contributed by atoms with E-state index < -0.39 is 10.0 Å². The molecule has 25 heavy (non-hydrogen) atoms. The van der Waals surface area contributed by atoms with Gasteiger partial charge >= 0.3 is 0 Å². The van der Waals surface area contributed by atoms with E-state index in [0.717, 1.165) is 11.1 Å². The molecular formula is C18H19N3O3S. The number of nitrogens with one attached hydrogen (secondary N) is 1. The Bertz CT molecular complexity index is 952. The van der Waals surface area contributed by atoms with Crippen LogP contribution < -0.4 is 5.32 Å². The number of amidine groups is 1. The van der Waals surface area contributed by atoms with E-state index in [-0.39, 0.29) is 17.3 Å². The first-order valence-corrected chi connectivity index (χ1v) is 9.28. The molecule has 1 heterocycles. The normalized spacial score (nSPS) is 14.6. The zero-order valence-electron chi connectivity index (χ0n) is 14.1. The van der Waals surface area contributed by atoms with E-state index in [1.54, 1.807) is 30.1 Å². The lowest BCUT2D eigenvalue weighted by Crippen LogP contribution is -2.38. The zero-order chi connectivity index (χ0) is 18.0. The second-order valence-corrected chi connectivity index (χ2v) is 7.58. The van der Waals surface area contributed by atoms with Crippen molar-refractivity contribution in [2.24, 2.45) is 4.40 Å². The minimum Gasteiger partial charge on any atom is -0.350 e. The molecule has 0 fully saturated rings. The van der Waals surface area contributed by atoms with E-state index in [4.69, 9.17) is 0 Å². The molecule has 130 valence electrons. The molecule has 1 aliphatic heterocycles. The average Bonchev–Trinajstić information content (AvgIpc) is 2.85. The fourth-order valence-electron chi connectivity index (χ4n) is 2.73. The Balaban J connectivity index is 1.66. The van der Waals surface area contributed by atoms with Crippen LogP contribution in [-0.4, -0.2) is 38.7 Å². The molecule has 0 radical (unpaired) electrons. The monoisotopic (exact) mass is 357 g/mol. The number of hydrogen-bond acceptors (Lipinski definition) is 4. The van der Waals surface area contributed by atoms with Gasteiger partial charge in [-0.3, -0.25) is 4.79 Å². The molecule has 2 aromatic rings. The van der Waals surface area contributed by atoms with Gasteiger partial charge in [-0.1, -0.05) is 42.0 Å². The predicted octanol–water partition coefficient (Wildman–Crippen LogP) is 1.69. The molecular weight excluding hydrogens is 338 g/mol. The quantitative estimate of drug-likeness (QED) is 0.903. The summed E-state index contributed by atoms with van der Waals surface area (Å²) in [5.74, 6) is 0.0924. The van der Waals surface area contributed by atoms with Gasteiger partial charge in [0.25, 0.3) is 10.0 Å². The largest absolute Gasteiger partial charge is 0.350 e. The number of fused-ring (bicyclic) bond motifs is 1. The van der Waals surface area contributed by atoms with Crippen molar-refractivity contribution in [2.75, 3.05) is 13.6 Å². The molecule has 2 aromatic carbocycles. The van der Waals surface area contributed by atoms with E-state index in [1.807, 2.05) is 31.2 Å². The second-order valence-electron chi connectivity index (χ2n) is 6.01. The van der Waals surface area contributed by atoms with Crippen LogP contribution in [0.25, 0.3) is 0 Å². The van der Waals surface area contributed by atoms with Crippen LogP contribution in [0.3, 0.4) is 0 Å². The number of amides is 1. The average molecular weight is 357 g/mol. The third kappa shape index (κ3) is 3.71. The number of aryl methyl sites for hydroxylation is 1. The van der Waals surface area contributed by atoms with Crippen molar-refractivity contribution < 1.29 is 13.2 Å². The Morgan fingerprint density at radius 3 is 2.68 bits per heavy atom. The summed E-state index contributed by atoms with van der Waals surface area (Å²) in [4.78, 5) is 13.9. The molecule has 3 rings (SSSR count). The summed E-state index contributed by atoms with van der Waals surface area (Å²) in [6, 6.07) is 14.5. The zero-order valence-corrected chi connectivity index (χ0v) is 14.9. The molecule has 0 aliphatic carbocycles. The summed E-state index contributed by atoms with van der Waals surface area (Å²) in [5.41, 5.74) is 2.67. The van der Waals surface area contributed by atoms with Gasteiger partial charge in [-0.05, 0) is 24.6 Å². The highest BCUT2D eigenvalue weighted by molar-refractivity contribution is 7.90. The lowest BCUT2D eigenvalue weighted by atomic mass is 10.1. The Labute approximate surface area is 147 Å². The number of nitrogens with zero attached hydrogens (tertiary/aromatic N) is 2. The van der Waals surface area contributed by atoms with Gasteiger partial charge in [0.05, 0.1) is 6.54 Å². The van der Waals surface area contributed by atoms with E-state index in [0.29, 0.717) is 17.9 Å². The molecule has 6 nitrogen and oxygen atoms in total. The number of likely N-dealkylation sites (N-methyl/N-ethyl adjacent to an activating group) is 1. The smallest absolute Gasteiger partial charge is 0.285 e. The summed E-state index contributed by atoms with van der Waals surface area (Å²) < 4.78 is 28.0. The van der Waals surface area contributed by atoms with Crippen LogP contribution in [0.5, 0.6) is 0 Å². The first-order chi connectivity index (χ1) is 11.9. The Kier molecular flexibility index (Phi) is 4.59. The first kappa shape index (κ1) is 17.2. The number of carbonyl (C=O) groups is 1. The highest BCUT2D eigenvalue weighted by atomic mass is 32.2. The molecule has 0 unspecified atom stereocenters. The topological polar surface area (TPSA) is 78.8 Å². The van der Waals surface area contributed by atoms with Crippen molar-refractivity contribution in [3.63, 3.8) is 0 Å². The van der Waals surface area contributed by atoms with E-state index in [9.17, 15) is 13.2 Å². The Hall–Kier alpha value is -2.67. The van der Waals surface area contributed by atoms with Gasteiger partial charge in [-0.15, -0.1) is 4.40 Å². The summed E-state index contributed by atoms with van der Waals surface area (Å²) >= 11 is 0. The molecule has 0 saturated carbocycles. The number of carbonyl (C=O) groups excluding carboxylic acids is 1. The van der Waals surface area contributed by atoms with Gasteiger partial charge in [0.2, 0.25) is 5.91 Å². The van der Waals surface area contributed by atoms with Crippen molar-refractivity contribution >= 4 is 21.8 Å². The van der Waals surface area contributed by atoms with Crippen molar-refractivity contribution in [3.05, 3.63) is 65.2 Å². The molecule has 1 aliphatic rings. The minimum atomic E-state index is -3.68. The maximum Gasteiger partial charge on any atom is 0.285 e. The number of rotatable bonds is 4. The maximum absolute atomic E-state index is 12.2. The SMILES string of the molecule is Cc1cccc(CNC(=O)CN(C)C2=NS(=O)(=O)c3ccccc32)c1. The molecule has 1 amide bonds. The van der Waals surface area contributed by atoms with Gasteiger partial charge in [0, 0.05) is 19.2 Å². The minimum absolute atomic E-state index is 0.0223. The third-order valence-corrected chi connectivity index (χ3v) is 5.25. The summed E-state index contributed by atoms with van der Waals surface area (Å²) in [7, 11) is -2.03. The maximum atomic E-state index is 12.2. The van der Waals surface area contributed by atoms with Crippen LogP contribution in [0.2, 0.25) is 0 Å². The van der Waals surface area contributed by atoms with E-state index in [2.05, 4.69) is 9.71 Å². The Morgan fingerprint density at radius 2 is 1.92 bits per heavy atom. The number of hydrogen-bond donors (Lipinski definition) is 1. The van der Waals surface area contributed by atoms with Crippen LogP contribution in [-0.2, 0) is 21.4 Å². The molecule has 0 bridgehead atoms. The summed E-state index contributed by atoms with van der Waals surface area (Å²) in [6.07, 6.45) is 0. The third-order valence-electron chi connectivity index (χ3n) is 3.93. The molecule has 1 N–H and O–H groups in total. The molecule has 0 saturated heterocycles. The van der Waals surface area contributed by atoms with Crippen LogP contribution in [0.4, 0.5) is 0 Å². The van der Waals surface area contributed by atoms with Crippen LogP contribution in [0, 0.1) is 6.92 Å². The summed E-state index contributed by atoms with van der Waals surface area (Å²) in [6.45, 7) is 2.44. The van der Waals surface area contributed by atoms with Gasteiger partial charge in [-0.2, -0.15) is 8.42 Å². The van der Waals surface area contributed by atoms with E-state index >= 15 is 0 Å². The van der Waals surface area contributed by atoms with Crippen LogP contribution in [0.1, 0.15) is 16.7 Å². The van der Waals surface area contributed by atoms with Gasteiger partial charge in [0.1, 0.15) is 4.90 Å². The number of benzene rings is 2. The standard InChI is InChI=1S/C18H19N3O3S/c1-13-6-5-7-14(10-13)11-19-17(22)12-21(2)18-15-8-3-4-9-16(15)25(23,24)20-18/h3-10H,11-12H2,1-2H3,(H,19,22). The van der Waals surface area contributed by atoms with Gasteiger partial charge in [0.15, 0.2) is 5.84 Å². The van der Waals surface area contributed by atoms with Crippen LogP contribution >= 0.6 is 0 Å². The van der Waals surface area contributed by atoms with Crippen molar-refractivity contribution in [1.29, 1.82) is 0 Å². The lowest BCUT2D eigenvalue weighted by molar-refractivity contribution is -0.121. The Morgan fingerprint density at radius 1 is 1.16 bits per heavy atom. The molecule has 0 spiro atoms. The molecule has 0 aromatic heterocycles. The highest BCUT2D eigenvalue weighted by Gasteiger charge is 2.30. The molecule has 0 atom stereocenters. The lowest BCUT2D eigenvalue weighted by Gasteiger charge is -2.18. The fourth-order valence-corrected chi connectivity index (χ4v) is 3.98. The fraction of sp³-hybridized carbons (Fsp3) is 0.222.